The van der Waals surface area contributed by atoms with Crippen molar-refractivity contribution in [2.75, 3.05) is 18.1 Å². The maximum atomic E-state index is 14.1. The Morgan fingerprint density at radius 3 is 2.70 bits per heavy atom. The van der Waals surface area contributed by atoms with Crippen molar-refractivity contribution in [1.82, 2.24) is 4.90 Å². The number of hydrogen-bond donors (Lipinski definition) is 1. The van der Waals surface area contributed by atoms with Gasteiger partial charge in [-0.2, -0.15) is 0 Å². The lowest BCUT2D eigenvalue weighted by Crippen LogP contribution is -2.38. The molecule has 2 N–H and O–H groups in total. The van der Waals surface area contributed by atoms with Crippen molar-refractivity contribution in [2.24, 2.45) is 21.1 Å². The molecule has 0 bridgehead atoms. The number of hydrogen-bond acceptors (Lipinski definition) is 7. The molecule has 43 heavy (non-hydrogen) atoms. The molecule has 5 rings (SSSR count). The van der Waals surface area contributed by atoms with Gasteiger partial charge in [-0.15, -0.1) is 11.8 Å². The second-order valence-corrected chi connectivity index (χ2v) is 14.8. The number of rotatable bonds is 11. The van der Waals surface area contributed by atoms with Gasteiger partial charge in [-0.3, -0.25) is 9.98 Å². The predicted molar refractivity (Wildman–Crippen MR) is 172 cm³/mol. The van der Waals surface area contributed by atoms with E-state index >= 15 is 0 Å². The highest BCUT2D eigenvalue weighted by Gasteiger charge is 2.47. The Kier molecular flexibility index (Phi) is 9.49. The zero-order valence-electron chi connectivity index (χ0n) is 24.1. The van der Waals surface area contributed by atoms with Crippen LogP contribution in [0.25, 0.3) is 0 Å². The molecule has 228 valence electrons. The second-order valence-electron chi connectivity index (χ2n) is 11.6. The molecule has 1 fully saturated rings. The topological polar surface area (TPSA) is 88.1 Å². The van der Waals surface area contributed by atoms with Crippen molar-refractivity contribution in [3.8, 4) is 0 Å². The standard InChI is InChI=1S/C32H35ClF2N4O2S2/c1-21(34)8-10-23-11-13-27(37-23)30-28-17-32(2,20-43(40,41)24-6-4-3-5-7-24)19-39(28)29(18-42-15-14-36)38-31(30)25-12-9-22(35)16-26(25)33/h3-7,9,11-16,21,23,31H,8,10,17-20,36H2,1-2H3/b15-14-/t21?,23?,31-,32+/m0/s1. The SMILES string of the molecule is CC(F)CCC1C=CC(C2=C3C[C@@](C)(CS(=O)(=O)c4ccccc4)CN3C(CS/C=C\N)=N[C@H]2c2ccc(F)cc2Cl)=N1. The number of amidine groups is 1. The smallest absolute Gasteiger partial charge is 0.178 e. The third-order valence-electron chi connectivity index (χ3n) is 7.84. The average molecular weight is 645 g/mol. The Balaban J connectivity index is 1.61. The molecule has 0 aliphatic carbocycles. The fourth-order valence-corrected chi connectivity index (χ4v) is 8.65. The van der Waals surface area contributed by atoms with Crippen LogP contribution in [-0.2, 0) is 9.84 Å². The van der Waals surface area contributed by atoms with Gasteiger partial charge in [0.1, 0.15) is 17.7 Å². The van der Waals surface area contributed by atoms with Gasteiger partial charge >= 0.3 is 0 Å². The van der Waals surface area contributed by atoms with Gasteiger partial charge in [0, 0.05) is 40.0 Å². The van der Waals surface area contributed by atoms with Crippen LogP contribution in [0.15, 0.2) is 98.4 Å². The summed E-state index contributed by atoms with van der Waals surface area (Å²) in [6.45, 7) is 3.96. The Bertz CT molecular complexity index is 1620. The van der Waals surface area contributed by atoms with Crippen molar-refractivity contribution in [3.63, 3.8) is 0 Å². The van der Waals surface area contributed by atoms with Crippen LogP contribution in [0.4, 0.5) is 8.78 Å². The van der Waals surface area contributed by atoms with Crippen molar-refractivity contribution in [3.05, 3.63) is 100.0 Å². The van der Waals surface area contributed by atoms with Crippen molar-refractivity contribution < 1.29 is 17.2 Å². The van der Waals surface area contributed by atoms with Crippen LogP contribution in [0, 0.1) is 11.2 Å². The first-order chi connectivity index (χ1) is 20.5. The number of nitrogens with two attached hydrogens (primary N) is 1. The number of sulfone groups is 1. The van der Waals surface area contributed by atoms with Crippen LogP contribution in [0.3, 0.4) is 0 Å². The summed E-state index contributed by atoms with van der Waals surface area (Å²) in [5.41, 5.74) is 8.02. The maximum Gasteiger partial charge on any atom is 0.178 e. The second kappa shape index (κ2) is 13.0. The maximum absolute atomic E-state index is 14.1. The predicted octanol–water partition coefficient (Wildman–Crippen LogP) is 7.05. The van der Waals surface area contributed by atoms with E-state index in [9.17, 15) is 17.2 Å². The third-order valence-corrected chi connectivity index (χ3v) is 11.0. The van der Waals surface area contributed by atoms with E-state index in [0.29, 0.717) is 42.8 Å². The number of halogens is 3. The Morgan fingerprint density at radius 1 is 1.23 bits per heavy atom. The van der Waals surface area contributed by atoms with E-state index in [0.717, 1.165) is 17.1 Å². The zero-order chi connectivity index (χ0) is 30.8. The van der Waals surface area contributed by atoms with Gasteiger partial charge in [-0.25, -0.2) is 17.2 Å². The Morgan fingerprint density at radius 2 is 2.00 bits per heavy atom. The number of fused-ring (bicyclic) bond motifs is 1. The van der Waals surface area contributed by atoms with Gasteiger partial charge < -0.3 is 10.6 Å². The fraction of sp³-hybridized carbons (Fsp3) is 0.375. The van der Waals surface area contributed by atoms with E-state index in [4.69, 9.17) is 27.3 Å². The molecule has 0 saturated carbocycles. The van der Waals surface area contributed by atoms with Crippen LogP contribution >= 0.6 is 23.4 Å². The minimum Gasteiger partial charge on any atom is -0.404 e. The monoisotopic (exact) mass is 644 g/mol. The lowest BCUT2D eigenvalue weighted by Gasteiger charge is -2.33. The molecule has 0 amide bonds. The third kappa shape index (κ3) is 7.07. The molecule has 1 saturated heterocycles. The van der Waals surface area contributed by atoms with Crippen LogP contribution in [0.5, 0.6) is 0 Å². The molecule has 2 aromatic rings. The molecular formula is C32H35ClF2N4O2S2. The lowest BCUT2D eigenvalue weighted by molar-refractivity contribution is 0.331. The van der Waals surface area contributed by atoms with E-state index in [2.05, 4.69) is 4.90 Å². The van der Waals surface area contributed by atoms with Crippen molar-refractivity contribution in [1.29, 1.82) is 0 Å². The van der Waals surface area contributed by atoms with Gasteiger partial charge in [0.2, 0.25) is 0 Å². The van der Waals surface area contributed by atoms with Gasteiger partial charge in [0.05, 0.1) is 34.3 Å². The van der Waals surface area contributed by atoms with Gasteiger partial charge in [-0.1, -0.05) is 48.9 Å². The van der Waals surface area contributed by atoms with Crippen LogP contribution in [-0.4, -0.2) is 55.1 Å². The van der Waals surface area contributed by atoms with Crippen molar-refractivity contribution in [2.45, 2.75) is 56.3 Å². The van der Waals surface area contributed by atoms with E-state index in [1.54, 1.807) is 41.8 Å². The number of allylic oxidation sites excluding steroid dienone is 2. The summed E-state index contributed by atoms with van der Waals surface area (Å²) >= 11 is 8.09. The molecule has 3 heterocycles. The van der Waals surface area contributed by atoms with E-state index in [-0.39, 0.29) is 21.7 Å². The van der Waals surface area contributed by atoms with Crippen LogP contribution in [0.2, 0.25) is 5.02 Å². The molecule has 3 aliphatic rings. The highest BCUT2D eigenvalue weighted by Crippen LogP contribution is 2.48. The lowest BCUT2D eigenvalue weighted by atomic mass is 9.87. The number of nitrogens with zero attached hydrogens (tertiary/aromatic N) is 3. The molecule has 0 radical (unpaired) electrons. The highest BCUT2D eigenvalue weighted by molar-refractivity contribution is 8.02. The molecular weight excluding hydrogens is 610 g/mol. The van der Waals surface area contributed by atoms with E-state index in [1.807, 2.05) is 19.1 Å². The van der Waals surface area contributed by atoms with Crippen LogP contribution < -0.4 is 5.73 Å². The van der Waals surface area contributed by atoms with E-state index in [1.165, 1.54) is 37.0 Å². The average Bonchev–Trinajstić information content (AvgIpc) is 3.56. The summed E-state index contributed by atoms with van der Waals surface area (Å²) < 4.78 is 54.9. The molecule has 2 unspecified atom stereocenters. The number of aliphatic imine (C=N–C) groups is 2. The summed E-state index contributed by atoms with van der Waals surface area (Å²) in [4.78, 5) is 12.5. The quantitative estimate of drug-likeness (QED) is 0.283. The minimum atomic E-state index is -3.59. The normalized spacial score (nSPS) is 24.4. The highest BCUT2D eigenvalue weighted by atomic mass is 35.5. The molecule has 0 aromatic heterocycles. The molecule has 0 spiro atoms. The van der Waals surface area contributed by atoms with E-state index < -0.39 is 33.3 Å². The van der Waals surface area contributed by atoms with Crippen LogP contribution in [0.1, 0.15) is 44.7 Å². The molecule has 3 aliphatic heterocycles. The van der Waals surface area contributed by atoms with Gasteiger partial charge in [0.15, 0.2) is 9.84 Å². The summed E-state index contributed by atoms with van der Waals surface area (Å²) in [5.74, 6) is 0.729. The summed E-state index contributed by atoms with van der Waals surface area (Å²) in [6, 6.07) is 12.0. The number of thioether (sulfide) groups is 1. The molecule has 4 atom stereocenters. The Labute approximate surface area is 261 Å². The van der Waals surface area contributed by atoms with Gasteiger partial charge in [-0.05, 0) is 61.9 Å². The summed E-state index contributed by atoms with van der Waals surface area (Å²) in [5, 5.41) is 2.02. The first-order valence-electron chi connectivity index (χ1n) is 14.2. The molecule has 2 aromatic carbocycles. The Hall–Kier alpha value is -2.95. The summed E-state index contributed by atoms with van der Waals surface area (Å²) in [7, 11) is -3.59. The first-order valence-corrected chi connectivity index (χ1v) is 17.3. The largest absolute Gasteiger partial charge is 0.404 e. The van der Waals surface area contributed by atoms with Gasteiger partial charge in [0.25, 0.3) is 0 Å². The number of benzene rings is 2. The zero-order valence-corrected chi connectivity index (χ0v) is 26.5. The summed E-state index contributed by atoms with van der Waals surface area (Å²) in [6.07, 6.45) is 5.84. The van der Waals surface area contributed by atoms with Crippen molar-refractivity contribution >= 4 is 44.7 Å². The minimum absolute atomic E-state index is 0.0539. The molecule has 11 heteroatoms. The first kappa shape index (κ1) is 31.5. The fourth-order valence-electron chi connectivity index (χ4n) is 5.95. The molecule has 6 nitrogen and oxygen atoms in total. The number of alkyl halides is 1.